The van der Waals surface area contributed by atoms with Crippen LogP contribution >= 0.6 is 15.9 Å². The summed E-state index contributed by atoms with van der Waals surface area (Å²) in [7, 11) is 0. The van der Waals surface area contributed by atoms with Crippen molar-refractivity contribution in [3.8, 4) is 17.1 Å². The van der Waals surface area contributed by atoms with Gasteiger partial charge in [0.05, 0.1) is 12.1 Å². The molecule has 0 aliphatic carbocycles. The molecule has 0 spiro atoms. The van der Waals surface area contributed by atoms with Crippen molar-refractivity contribution in [1.29, 1.82) is 0 Å². The van der Waals surface area contributed by atoms with Crippen LogP contribution in [0.15, 0.2) is 33.2 Å². The Bertz CT molecular complexity index is 1250. The second-order valence-electron chi connectivity index (χ2n) is 6.48. The second kappa shape index (κ2) is 5.87. The molecular weight excluding hydrogens is 441 g/mol. The highest BCUT2D eigenvalue weighted by Gasteiger charge is 2.36. The Balaban J connectivity index is 1.83. The minimum atomic E-state index is -4.62. The highest BCUT2D eigenvalue weighted by Crippen LogP contribution is 2.41. The number of oxazole rings is 1. The van der Waals surface area contributed by atoms with Crippen molar-refractivity contribution in [1.82, 2.24) is 14.5 Å². The van der Waals surface area contributed by atoms with E-state index >= 15 is 0 Å². The van der Waals surface area contributed by atoms with E-state index in [0.29, 0.717) is 36.7 Å². The lowest BCUT2D eigenvalue weighted by molar-refractivity contribution is -0.136. The summed E-state index contributed by atoms with van der Waals surface area (Å²) in [6.07, 6.45) is -3.92. The van der Waals surface area contributed by atoms with E-state index in [-0.39, 0.29) is 22.7 Å². The van der Waals surface area contributed by atoms with Gasteiger partial charge in [-0.1, -0.05) is 15.9 Å². The van der Waals surface area contributed by atoms with Gasteiger partial charge in [0.2, 0.25) is 0 Å². The van der Waals surface area contributed by atoms with Gasteiger partial charge in [0, 0.05) is 16.6 Å². The van der Waals surface area contributed by atoms with Gasteiger partial charge in [0.1, 0.15) is 28.2 Å². The fraction of sp³-hybridized carbons (Fsp3) is 0.222. The Hall–Kier alpha value is -2.75. The average Bonchev–Trinajstić information content (AvgIpc) is 3.08. The Morgan fingerprint density at radius 3 is 2.71 bits per heavy atom. The Morgan fingerprint density at radius 2 is 1.93 bits per heavy atom. The first-order chi connectivity index (χ1) is 13.3. The number of hydrogen-bond acceptors (Lipinski definition) is 5. The number of anilines is 1. The Labute approximate surface area is 164 Å². The lowest BCUT2D eigenvalue weighted by Crippen LogP contribution is -2.07. The largest absolute Gasteiger partial charge is 0.491 e. The van der Waals surface area contributed by atoms with E-state index in [2.05, 4.69) is 25.9 Å². The predicted octanol–water partition coefficient (Wildman–Crippen LogP) is 4.99. The van der Waals surface area contributed by atoms with Crippen LogP contribution in [-0.4, -0.2) is 21.1 Å². The summed E-state index contributed by atoms with van der Waals surface area (Å²) in [5.41, 5.74) is 5.88. The lowest BCUT2D eigenvalue weighted by atomic mass is 10.1. The van der Waals surface area contributed by atoms with Crippen LogP contribution in [0.2, 0.25) is 0 Å². The Kier molecular flexibility index (Phi) is 3.64. The summed E-state index contributed by atoms with van der Waals surface area (Å²) < 4.78 is 54.3. The number of aromatic nitrogens is 3. The molecule has 0 saturated heterocycles. The molecule has 0 unspecified atom stereocenters. The van der Waals surface area contributed by atoms with Gasteiger partial charge >= 0.3 is 6.18 Å². The molecule has 0 saturated carbocycles. The van der Waals surface area contributed by atoms with Crippen molar-refractivity contribution in [3.63, 3.8) is 0 Å². The summed E-state index contributed by atoms with van der Waals surface area (Å²) >= 11 is 3.42. The maximum absolute atomic E-state index is 13.6. The molecule has 2 N–H and O–H groups in total. The molecule has 0 fully saturated rings. The van der Waals surface area contributed by atoms with Crippen molar-refractivity contribution in [2.75, 3.05) is 12.3 Å². The number of halogens is 4. The molecule has 6 nitrogen and oxygen atoms in total. The van der Waals surface area contributed by atoms with Gasteiger partial charge in [-0.25, -0.2) is 4.98 Å². The molecule has 144 valence electrons. The first-order valence-electron chi connectivity index (χ1n) is 8.41. The van der Waals surface area contributed by atoms with E-state index in [1.165, 1.54) is 6.07 Å². The molecular formula is C18H12BrF3N4O2. The number of imidazole rings is 1. The topological polar surface area (TPSA) is 79.1 Å². The van der Waals surface area contributed by atoms with Gasteiger partial charge in [0.25, 0.3) is 6.01 Å². The normalized spacial score (nSPS) is 14.4. The molecule has 0 radical (unpaired) electrons. The second-order valence-corrected chi connectivity index (χ2v) is 7.40. The van der Waals surface area contributed by atoms with Crippen molar-refractivity contribution in [2.24, 2.45) is 0 Å². The van der Waals surface area contributed by atoms with Crippen molar-refractivity contribution >= 4 is 44.1 Å². The van der Waals surface area contributed by atoms with Crippen LogP contribution < -0.4 is 10.5 Å². The van der Waals surface area contributed by atoms with Crippen LogP contribution in [0.4, 0.5) is 19.2 Å². The third-order valence-electron chi connectivity index (χ3n) is 4.63. The zero-order valence-corrected chi connectivity index (χ0v) is 15.8. The molecule has 4 aromatic rings. The summed E-state index contributed by atoms with van der Waals surface area (Å²) in [6, 6.07) is 5.86. The molecule has 3 heterocycles. The van der Waals surface area contributed by atoms with Crippen molar-refractivity contribution in [2.45, 2.75) is 19.1 Å². The molecule has 2 aromatic carbocycles. The molecule has 10 heteroatoms. The third kappa shape index (κ3) is 2.62. The third-order valence-corrected chi connectivity index (χ3v) is 5.08. The van der Waals surface area contributed by atoms with Gasteiger partial charge in [-0.2, -0.15) is 18.2 Å². The number of ether oxygens (including phenoxy) is 1. The van der Waals surface area contributed by atoms with Gasteiger partial charge in [-0.3, -0.25) is 0 Å². The molecule has 0 amide bonds. The van der Waals surface area contributed by atoms with E-state index in [0.717, 1.165) is 16.1 Å². The maximum Gasteiger partial charge on any atom is 0.420 e. The number of aryl methyl sites for hydroxylation is 1. The number of nitrogens with two attached hydrogens (primary N) is 1. The lowest BCUT2D eigenvalue weighted by Gasteiger charge is -2.11. The number of nitrogen functional groups attached to an aromatic ring is 1. The monoisotopic (exact) mass is 452 g/mol. The van der Waals surface area contributed by atoms with Crippen LogP contribution in [0.1, 0.15) is 12.0 Å². The molecule has 5 rings (SSSR count). The van der Waals surface area contributed by atoms with Crippen LogP contribution in [0.5, 0.6) is 5.75 Å². The zero-order valence-electron chi connectivity index (χ0n) is 14.2. The average molecular weight is 453 g/mol. The first kappa shape index (κ1) is 17.4. The number of fused-ring (bicyclic) bond motifs is 1. The van der Waals surface area contributed by atoms with Gasteiger partial charge < -0.3 is 19.5 Å². The van der Waals surface area contributed by atoms with Crippen LogP contribution in [0, 0.1) is 0 Å². The standard InChI is InChI=1S/C18H12BrF3N4O2/c19-9-6-11-14-13(7-9)27-3-1-2-26(14)16(24-11)8-4-10(18(20,21)22)15-12(5-8)25-17(23)28-15/h4-7H,1-3H2,(H2,23,25). The van der Waals surface area contributed by atoms with E-state index in [9.17, 15) is 13.2 Å². The smallest absolute Gasteiger partial charge is 0.420 e. The number of rotatable bonds is 1. The van der Waals surface area contributed by atoms with Crippen molar-refractivity contribution < 1.29 is 22.3 Å². The van der Waals surface area contributed by atoms with E-state index in [4.69, 9.17) is 14.9 Å². The summed E-state index contributed by atoms with van der Waals surface area (Å²) in [5, 5.41) is 0. The van der Waals surface area contributed by atoms with E-state index in [1.807, 2.05) is 16.7 Å². The van der Waals surface area contributed by atoms with Gasteiger partial charge in [0.15, 0.2) is 5.58 Å². The van der Waals surface area contributed by atoms with E-state index in [1.54, 1.807) is 0 Å². The highest BCUT2D eigenvalue weighted by atomic mass is 79.9. The number of hydrogen-bond donors (Lipinski definition) is 1. The molecule has 1 aliphatic rings. The highest BCUT2D eigenvalue weighted by molar-refractivity contribution is 9.10. The summed E-state index contributed by atoms with van der Waals surface area (Å²) in [5.74, 6) is 1.05. The number of nitrogens with zero attached hydrogens (tertiary/aromatic N) is 3. The first-order valence-corrected chi connectivity index (χ1v) is 9.21. The molecule has 0 bridgehead atoms. The summed E-state index contributed by atoms with van der Waals surface area (Å²) in [6.45, 7) is 1.08. The fourth-order valence-electron chi connectivity index (χ4n) is 3.54. The number of benzene rings is 2. The quantitative estimate of drug-likeness (QED) is 0.440. The van der Waals surface area contributed by atoms with E-state index < -0.39 is 11.7 Å². The fourth-order valence-corrected chi connectivity index (χ4v) is 3.96. The summed E-state index contributed by atoms with van der Waals surface area (Å²) in [4.78, 5) is 8.48. The predicted molar refractivity (Wildman–Crippen MR) is 100.0 cm³/mol. The maximum atomic E-state index is 13.6. The Morgan fingerprint density at radius 1 is 1.11 bits per heavy atom. The number of alkyl halides is 3. The van der Waals surface area contributed by atoms with Crippen LogP contribution in [-0.2, 0) is 12.7 Å². The molecule has 0 atom stereocenters. The van der Waals surface area contributed by atoms with Crippen LogP contribution in [0.3, 0.4) is 0 Å². The van der Waals surface area contributed by atoms with Crippen LogP contribution in [0.25, 0.3) is 33.5 Å². The van der Waals surface area contributed by atoms with Gasteiger partial charge in [-0.05, 0) is 30.7 Å². The molecule has 2 aromatic heterocycles. The van der Waals surface area contributed by atoms with Crippen molar-refractivity contribution in [3.05, 3.63) is 34.3 Å². The SMILES string of the molecule is Nc1nc2cc(-c3nc4cc(Br)cc5c4n3CCCO5)cc(C(F)(F)F)c2o1. The minimum Gasteiger partial charge on any atom is -0.491 e. The zero-order chi connectivity index (χ0) is 19.6. The van der Waals surface area contributed by atoms with Gasteiger partial charge in [-0.15, -0.1) is 0 Å². The molecule has 1 aliphatic heterocycles. The molecule has 28 heavy (non-hydrogen) atoms. The minimum absolute atomic E-state index is 0.0356.